The summed E-state index contributed by atoms with van der Waals surface area (Å²) in [6.45, 7) is 0.793. The lowest BCUT2D eigenvalue weighted by Gasteiger charge is -2.09. The molecule has 0 spiro atoms. The van der Waals surface area contributed by atoms with Crippen LogP contribution in [0.2, 0.25) is 0 Å². The van der Waals surface area contributed by atoms with E-state index in [1.165, 1.54) is 26.1 Å². The maximum Gasteiger partial charge on any atom is 0.324 e. The van der Waals surface area contributed by atoms with E-state index in [2.05, 4.69) is 15.7 Å². The van der Waals surface area contributed by atoms with Crippen LogP contribution in [0.25, 0.3) is 0 Å². The molecule has 0 aliphatic heterocycles. The van der Waals surface area contributed by atoms with Gasteiger partial charge >= 0.3 is 5.97 Å². The molecule has 0 atom stereocenters. The van der Waals surface area contributed by atoms with Crippen molar-refractivity contribution < 1.29 is 27.7 Å². The summed E-state index contributed by atoms with van der Waals surface area (Å²) < 4.78 is 31.8. The van der Waals surface area contributed by atoms with Crippen LogP contribution in [-0.4, -0.2) is 48.6 Å². The molecule has 11 heteroatoms. The first-order chi connectivity index (χ1) is 10.1. The van der Waals surface area contributed by atoms with Gasteiger partial charge in [0.15, 0.2) is 0 Å². The van der Waals surface area contributed by atoms with Crippen molar-refractivity contribution in [3.8, 4) is 0 Å². The minimum absolute atomic E-state index is 0.0546. The number of aliphatic carboxylic acids is 1. The van der Waals surface area contributed by atoms with E-state index in [1.807, 2.05) is 0 Å². The van der Waals surface area contributed by atoms with Crippen molar-refractivity contribution in [2.45, 2.75) is 11.8 Å². The molecular weight excluding hydrogens is 316 g/mol. The van der Waals surface area contributed by atoms with Crippen molar-refractivity contribution in [1.29, 1.82) is 0 Å². The maximum absolute atomic E-state index is 11.3. The first kappa shape index (κ1) is 17.5. The molecule has 1 aromatic carbocycles. The number of amides is 1. The number of nitrogens with one attached hydrogen (secondary N) is 1. The number of nitrogens with zero attached hydrogens (tertiary/aromatic N) is 3. The van der Waals surface area contributed by atoms with Crippen molar-refractivity contribution in [3.05, 3.63) is 18.2 Å². The Kier molecular flexibility index (Phi) is 5.54. The Morgan fingerprint density at radius 1 is 1.36 bits per heavy atom. The normalized spacial score (nSPS) is 11.4. The van der Waals surface area contributed by atoms with E-state index in [-0.39, 0.29) is 11.4 Å². The second-order valence-electron chi connectivity index (χ2n) is 4.24. The van der Waals surface area contributed by atoms with E-state index >= 15 is 0 Å². The van der Waals surface area contributed by atoms with Crippen LogP contribution < -0.4 is 5.32 Å². The van der Waals surface area contributed by atoms with Gasteiger partial charge in [-0.2, -0.15) is 8.42 Å². The van der Waals surface area contributed by atoms with Crippen LogP contribution in [-0.2, 0) is 19.7 Å². The molecular formula is C11H14N4O6S. The van der Waals surface area contributed by atoms with Crippen LogP contribution in [0, 0.1) is 0 Å². The second-order valence-corrected chi connectivity index (χ2v) is 5.63. The first-order valence-corrected chi connectivity index (χ1v) is 7.27. The largest absolute Gasteiger partial charge is 0.480 e. The predicted octanol–water partition coefficient (Wildman–Crippen LogP) is 0.907. The zero-order chi connectivity index (χ0) is 16.9. The number of rotatable bonds is 6. The number of anilines is 1. The lowest BCUT2D eigenvalue weighted by Crippen LogP contribution is -2.19. The quantitative estimate of drug-likeness (QED) is 0.398. The van der Waals surface area contributed by atoms with E-state index in [1.54, 1.807) is 0 Å². The van der Waals surface area contributed by atoms with Gasteiger partial charge in [0.2, 0.25) is 5.91 Å². The van der Waals surface area contributed by atoms with Crippen LogP contribution in [0.1, 0.15) is 6.92 Å². The van der Waals surface area contributed by atoms with Crippen LogP contribution in [0.3, 0.4) is 0 Å². The Balaban J connectivity index is 3.12. The Morgan fingerprint density at radius 3 is 2.50 bits per heavy atom. The summed E-state index contributed by atoms with van der Waals surface area (Å²) >= 11 is 0. The molecule has 1 rings (SSSR count). The topological polar surface area (TPSA) is 149 Å². The molecule has 10 nitrogen and oxygen atoms in total. The van der Waals surface area contributed by atoms with Crippen molar-refractivity contribution in [2.24, 2.45) is 10.3 Å². The lowest BCUT2D eigenvalue weighted by molar-refractivity contribution is -0.138. The maximum atomic E-state index is 11.3. The van der Waals surface area contributed by atoms with Gasteiger partial charge in [-0.3, -0.25) is 19.2 Å². The smallest absolute Gasteiger partial charge is 0.324 e. The summed E-state index contributed by atoms with van der Waals surface area (Å²) in [5, 5.41) is 19.1. The van der Waals surface area contributed by atoms with E-state index in [4.69, 9.17) is 9.66 Å². The van der Waals surface area contributed by atoms with Crippen LogP contribution in [0.5, 0.6) is 0 Å². The third-order valence-electron chi connectivity index (χ3n) is 2.23. The Labute approximate surface area is 126 Å². The molecule has 0 fully saturated rings. The molecule has 120 valence electrons. The van der Waals surface area contributed by atoms with Gasteiger partial charge in [-0.15, -0.1) is 5.11 Å². The fourth-order valence-electron chi connectivity index (χ4n) is 1.43. The third-order valence-corrected chi connectivity index (χ3v) is 3.12. The van der Waals surface area contributed by atoms with Crippen molar-refractivity contribution in [3.63, 3.8) is 0 Å². The number of carboxylic acids is 1. The number of likely N-dealkylation sites (N-methyl/N-ethyl adjacent to an activating group) is 1. The van der Waals surface area contributed by atoms with E-state index in [0.717, 1.165) is 11.1 Å². The fraction of sp³-hybridized carbons (Fsp3) is 0.273. The van der Waals surface area contributed by atoms with Gasteiger partial charge in [0, 0.05) is 14.0 Å². The Hall–Kier alpha value is -2.53. The highest BCUT2D eigenvalue weighted by Gasteiger charge is 2.17. The van der Waals surface area contributed by atoms with E-state index in [0.29, 0.717) is 0 Å². The molecule has 0 saturated carbocycles. The molecule has 0 radical (unpaired) electrons. The van der Waals surface area contributed by atoms with Crippen molar-refractivity contribution in [1.82, 2.24) is 5.01 Å². The van der Waals surface area contributed by atoms with Crippen LogP contribution in [0.4, 0.5) is 11.4 Å². The van der Waals surface area contributed by atoms with E-state index in [9.17, 15) is 18.0 Å². The standard InChI is InChI=1S/C11H14N4O6S/c1-7(16)12-9-4-3-8(5-10(9)22(19,20)21)13-14-15(2)6-11(17)18/h3-5H,6H2,1-2H3,(H,12,16)(H,17,18)(H,19,20,21). The van der Waals surface area contributed by atoms with Gasteiger partial charge in [-0.05, 0) is 18.2 Å². The van der Waals surface area contributed by atoms with Crippen molar-refractivity contribution in [2.75, 3.05) is 18.9 Å². The molecule has 22 heavy (non-hydrogen) atoms. The van der Waals surface area contributed by atoms with E-state index < -0.39 is 33.4 Å². The van der Waals surface area contributed by atoms with Gasteiger partial charge in [-0.25, -0.2) is 0 Å². The number of carboxylic acid groups (broad SMARTS) is 1. The number of hydrogen-bond donors (Lipinski definition) is 3. The second kappa shape index (κ2) is 6.95. The first-order valence-electron chi connectivity index (χ1n) is 5.83. The fourth-order valence-corrected chi connectivity index (χ4v) is 2.10. The summed E-state index contributed by atoms with van der Waals surface area (Å²) in [7, 11) is -3.22. The molecule has 1 amide bonds. The van der Waals surface area contributed by atoms with Gasteiger partial charge in [0.1, 0.15) is 11.4 Å². The Bertz CT molecular complexity index is 715. The lowest BCUT2D eigenvalue weighted by atomic mass is 10.3. The van der Waals surface area contributed by atoms with Gasteiger partial charge in [0.25, 0.3) is 10.1 Å². The molecule has 1 aromatic rings. The highest BCUT2D eigenvalue weighted by atomic mass is 32.2. The third kappa shape index (κ3) is 5.46. The Morgan fingerprint density at radius 2 is 2.00 bits per heavy atom. The predicted molar refractivity (Wildman–Crippen MR) is 75.3 cm³/mol. The van der Waals surface area contributed by atoms with Crippen LogP contribution >= 0.6 is 0 Å². The average molecular weight is 330 g/mol. The van der Waals surface area contributed by atoms with Crippen molar-refractivity contribution >= 4 is 33.4 Å². The molecule has 0 bridgehead atoms. The van der Waals surface area contributed by atoms with Crippen LogP contribution in [0.15, 0.2) is 33.4 Å². The monoisotopic (exact) mass is 330 g/mol. The summed E-state index contributed by atoms with van der Waals surface area (Å²) in [5.41, 5.74) is -0.0493. The highest BCUT2D eigenvalue weighted by Crippen LogP contribution is 2.26. The molecule has 0 unspecified atom stereocenters. The number of carbonyl (C=O) groups excluding carboxylic acids is 1. The minimum atomic E-state index is -4.58. The summed E-state index contributed by atoms with van der Waals surface area (Å²) in [4.78, 5) is 20.9. The minimum Gasteiger partial charge on any atom is -0.480 e. The molecule has 0 heterocycles. The number of benzene rings is 1. The van der Waals surface area contributed by atoms with Gasteiger partial charge < -0.3 is 10.4 Å². The zero-order valence-electron chi connectivity index (χ0n) is 11.7. The molecule has 0 aromatic heterocycles. The zero-order valence-corrected chi connectivity index (χ0v) is 12.5. The average Bonchev–Trinajstić information content (AvgIpc) is 2.34. The summed E-state index contributed by atoms with van der Waals surface area (Å²) in [6.07, 6.45) is 0. The molecule has 0 aliphatic carbocycles. The SMILES string of the molecule is CC(=O)Nc1ccc(N=NN(C)CC(=O)O)cc1S(=O)(=O)O. The number of carbonyl (C=O) groups is 2. The van der Waals surface area contributed by atoms with Gasteiger partial charge in [0.05, 0.1) is 11.4 Å². The highest BCUT2D eigenvalue weighted by molar-refractivity contribution is 7.86. The summed E-state index contributed by atoms with van der Waals surface area (Å²) in [6, 6.07) is 3.58. The van der Waals surface area contributed by atoms with Gasteiger partial charge in [-0.1, -0.05) is 5.22 Å². The molecule has 0 aliphatic rings. The molecule has 3 N–H and O–H groups in total. The number of hydrogen-bond acceptors (Lipinski definition) is 6. The molecule has 0 saturated heterocycles. The summed E-state index contributed by atoms with van der Waals surface area (Å²) in [5.74, 6) is -1.62.